The zero-order chi connectivity index (χ0) is 12.5. The van der Waals surface area contributed by atoms with E-state index < -0.39 is 23.7 Å². The van der Waals surface area contributed by atoms with Gasteiger partial charge in [-0.2, -0.15) is 0 Å². The van der Waals surface area contributed by atoms with Gasteiger partial charge in [0.2, 0.25) is 0 Å². The van der Waals surface area contributed by atoms with Crippen LogP contribution in [0.15, 0.2) is 11.6 Å². The molecule has 5 nitrogen and oxygen atoms in total. The Hall–Kier alpha value is -1.52. The van der Waals surface area contributed by atoms with Gasteiger partial charge in [0.15, 0.2) is 6.04 Å². The van der Waals surface area contributed by atoms with E-state index >= 15 is 0 Å². The monoisotopic (exact) mass is 227 g/mol. The number of carbonyl (C=O) groups is 2. The average molecular weight is 227 g/mol. The van der Waals surface area contributed by atoms with Crippen molar-refractivity contribution >= 4 is 12.1 Å². The lowest BCUT2D eigenvalue weighted by Gasteiger charge is -2.26. The van der Waals surface area contributed by atoms with Gasteiger partial charge in [-0.1, -0.05) is 11.6 Å². The highest BCUT2D eigenvalue weighted by molar-refractivity contribution is 5.83. The zero-order valence-electron chi connectivity index (χ0n) is 9.98. The summed E-state index contributed by atoms with van der Waals surface area (Å²) in [7, 11) is 0. The molecule has 16 heavy (non-hydrogen) atoms. The fourth-order valence-electron chi connectivity index (χ4n) is 1.48. The summed E-state index contributed by atoms with van der Waals surface area (Å²) in [4.78, 5) is 23.9. The number of carboxylic acids is 1. The topological polar surface area (TPSA) is 66.8 Å². The van der Waals surface area contributed by atoms with Crippen LogP contribution in [0.4, 0.5) is 4.79 Å². The minimum atomic E-state index is -1.04. The maximum Gasteiger partial charge on any atom is 0.411 e. The van der Waals surface area contributed by atoms with Crippen molar-refractivity contribution in [2.75, 3.05) is 6.54 Å². The molecule has 0 aliphatic carbocycles. The molecule has 0 fully saturated rings. The Labute approximate surface area is 94.7 Å². The lowest BCUT2D eigenvalue weighted by atomic mass is 10.2. The average Bonchev–Trinajstić information content (AvgIpc) is 2.44. The van der Waals surface area contributed by atoms with Crippen LogP contribution in [0.2, 0.25) is 0 Å². The third-order valence-electron chi connectivity index (χ3n) is 2.08. The smallest absolute Gasteiger partial charge is 0.411 e. The highest BCUT2D eigenvalue weighted by Gasteiger charge is 2.35. The number of hydrogen-bond acceptors (Lipinski definition) is 3. The molecule has 1 aliphatic rings. The first-order chi connectivity index (χ1) is 7.20. The normalized spacial score (nSPS) is 20.6. The van der Waals surface area contributed by atoms with E-state index in [0.717, 1.165) is 5.57 Å². The summed E-state index contributed by atoms with van der Waals surface area (Å²) in [6.07, 6.45) is 0.972. The van der Waals surface area contributed by atoms with Gasteiger partial charge in [-0.05, 0) is 27.7 Å². The first kappa shape index (κ1) is 12.5. The van der Waals surface area contributed by atoms with E-state index in [-0.39, 0.29) is 0 Å². The predicted molar refractivity (Wildman–Crippen MR) is 58.1 cm³/mol. The van der Waals surface area contributed by atoms with Crippen molar-refractivity contribution in [1.29, 1.82) is 0 Å². The summed E-state index contributed by atoms with van der Waals surface area (Å²) in [5.74, 6) is -1.04. The second-order valence-electron chi connectivity index (χ2n) is 4.90. The number of aliphatic carboxylic acids is 1. The molecular weight excluding hydrogens is 210 g/mol. The summed E-state index contributed by atoms with van der Waals surface area (Å²) in [5, 5.41) is 8.95. The molecule has 90 valence electrons. The highest BCUT2D eigenvalue weighted by atomic mass is 16.6. The van der Waals surface area contributed by atoms with Crippen molar-refractivity contribution in [3.8, 4) is 0 Å². The Morgan fingerprint density at radius 2 is 2.06 bits per heavy atom. The lowest BCUT2D eigenvalue weighted by Crippen LogP contribution is -2.43. The van der Waals surface area contributed by atoms with Crippen molar-refractivity contribution in [2.24, 2.45) is 0 Å². The van der Waals surface area contributed by atoms with Crippen LogP contribution < -0.4 is 0 Å². The molecule has 1 atom stereocenters. The van der Waals surface area contributed by atoms with E-state index in [4.69, 9.17) is 9.84 Å². The predicted octanol–water partition coefficient (Wildman–Crippen LogP) is 1.64. The van der Waals surface area contributed by atoms with Crippen LogP contribution in [0, 0.1) is 0 Å². The van der Waals surface area contributed by atoms with Crippen molar-refractivity contribution in [3.05, 3.63) is 11.6 Å². The second-order valence-corrected chi connectivity index (χ2v) is 4.90. The van der Waals surface area contributed by atoms with Gasteiger partial charge in [-0.15, -0.1) is 0 Å². The van der Waals surface area contributed by atoms with Crippen molar-refractivity contribution in [2.45, 2.75) is 39.3 Å². The second kappa shape index (κ2) is 4.15. The number of carbonyl (C=O) groups excluding carboxylic acids is 1. The molecule has 1 unspecified atom stereocenters. The number of amides is 1. The SMILES string of the molecule is CC1=CC(C(=O)O)N(C(=O)OC(C)(C)C)C1. The molecular formula is C11H17NO4. The number of ether oxygens (including phenoxy) is 1. The van der Waals surface area contributed by atoms with Crippen LogP contribution in [-0.2, 0) is 9.53 Å². The molecule has 5 heteroatoms. The summed E-state index contributed by atoms with van der Waals surface area (Å²) in [5.41, 5.74) is 0.245. The fraction of sp³-hybridized carbons (Fsp3) is 0.636. The molecule has 0 saturated heterocycles. The van der Waals surface area contributed by atoms with Crippen LogP contribution in [0.25, 0.3) is 0 Å². The molecule has 1 heterocycles. The van der Waals surface area contributed by atoms with E-state index in [1.807, 2.05) is 0 Å². The largest absolute Gasteiger partial charge is 0.479 e. The molecule has 0 bridgehead atoms. The van der Waals surface area contributed by atoms with Crippen LogP contribution >= 0.6 is 0 Å². The maximum absolute atomic E-state index is 11.7. The Bertz CT molecular complexity index is 340. The van der Waals surface area contributed by atoms with Crippen LogP contribution in [0.3, 0.4) is 0 Å². The lowest BCUT2D eigenvalue weighted by molar-refractivity contribution is -0.140. The molecule has 1 N–H and O–H groups in total. The number of carboxylic acid groups (broad SMARTS) is 1. The van der Waals surface area contributed by atoms with Crippen LogP contribution in [0.5, 0.6) is 0 Å². The van der Waals surface area contributed by atoms with Gasteiger partial charge in [0, 0.05) is 6.54 Å². The Kier molecular flexibility index (Phi) is 3.26. The third kappa shape index (κ3) is 2.98. The summed E-state index contributed by atoms with van der Waals surface area (Å²) in [6, 6.07) is -0.908. The van der Waals surface area contributed by atoms with Gasteiger partial charge in [-0.25, -0.2) is 9.59 Å². The van der Waals surface area contributed by atoms with Gasteiger partial charge in [0.05, 0.1) is 0 Å². The molecule has 0 aromatic rings. The van der Waals surface area contributed by atoms with Crippen LogP contribution in [-0.4, -0.2) is 40.3 Å². The van der Waals surface area contributed by atoms with E-state index in [9.17, 15) is 9.59 Å². The quantitative estimate of drug-likeness (QED) is 0.691. The summed E-state index contributed by atoms with van der Waals surface area (Å²) < 4.78 is 5.14. The zero-order valence-corrected chi connectivity index (χ0v) is 9.98. The van der Waals surface area contributed by atoms with E-state index in [2.05, 4.69) is 0 Å². The maximum atomic E-state index is 11.7. The fourth-order valence-corrected chi connectivity index (χ4v) is 1.48. The van der Waals surface area contributed by atoms with Crippen LogP contribution in [0.1, 0.15) is 27.7 Å². The van der Waals surface area contributed by atoms with Gasteiger partial charge in [0.1, 0.15) is 5.60 Å². The van der Waals surface area contributed by atoms with Gasteiger partial charge < -0.3 is 9.84 Å². The first-order valence-corrected chi connectivity index (χ1v) is 5.10. The van der Waals surface area contributed by atoms with E-state index in [1.165, 1.54) is 4.90 Å². The molecule has 0 spiro atoms. The number of rotatable bonds is 1. The Balaban J connectivity index is 2.75. The summed E-state index contributed by atoms with van der Waals surface area (Å²) >= 11 is 0. The molecule has 0 radical (unpaired) electrons. The van der Waals surface area contributed by atoms with Gasteiger partial charge in [-0.3, -0.25) is 4.90 Å². The number of hydrogen-bond donors (Lipinski definition) is 1. The first-order valence-electron chi connectivity index (χ1n) is 5.10. The minimum absolute atomic E-state index is 0.311. The van der Waals surface area contributed by atoms with Crippen molar-refractivity contribution in [3.63, 3.8) is 0 Å². The van der Waals surface area contributed by atoms with E-state index in [0.29, 0.717) is 6.54 Å². The van der Waals surface area contributed by atoms with Crippen molar-refractivity contribution < 1.29 is 19.4 Å². The molecule has 1 rings (SSSR count). The molecule has 0 saturated carbocycles. The standard InChI is InChI=1S/C11H17NO4/c1-7-5-8(9(13)14)12(6-7)10(15)16-11(2,3)4/h5,8H,6H2,1-4H3,(H,13,14). The highest BCUT2D eigenvalue weighted by Crippen LogP contribution is 2.19. The molecule has 0 aromatic carbocycles. The van der Waals surface area contributed by atoms with Gasteiger partial charge >= 0.3 is 12.1 Å². The minimum Gasteiger partial charge on any atom is -0.479 e. The van der Waals surface area contributed by atoms with Crippen molar-refractivity contribution in [1.82, 2.24) is 4.90 Å². The Morgan fingerprint density at radius 3 is 2.50 bits per heavy atom. The van der Waals surface area contributed by atoms with E-state index in [1.54, 1.807) is 33.8 Å². The third-order valence-corrected chi connectivity index (χ3v) is 2.08. The molecule has 1 amide bonds. The van der Waals surface area contributed by atoms with Gasteiger partial charge in [0.25, 0.3) is 0 Å². The molecule has 1 aliphatic heterocycles. The number of nitrogens with zero attached hydrogens (tertiary/aromatic N) is 1. The Morgan fingerprint density at radius 1 is 1.50 bits per heavy atom. The summed E-state index contributed by atoms with van der Waals surface area (Å²) in [6.45, 7) is 7.34. The molecule has 0 aromatic heterocycles.